The molecule has 0 radical (unpaired) electrons. The van der Waals surface area contributed by atoms with Crippen LogP contribution in [0.1, 0.15) is 75.9 Å². The van der Waals surface area contributed by atoms with Gasteiger partial charge in [-0.15, -0.1) is 0 Å². The zero-order chi connectivity index (χ0) is 59.0. The molecule has 0 unspecified atom stereocenters. The maximum Gasteiger partial charge on any atom is 0.496 e. The summed E-state index contributed by atoms with van der Waals surface area (Å²) in [6, 6.07) is 15.9. The number of aromatic nitrogens is 7. The fourth-order valence-corrected chi connectivity index (χ4v) is 7.98. The first kappa shape index (κ1) is 66.7. The molecule has 0 spiro atoms. The summed E-state index contributed by atoms with van der Waals surface area (Å²) in [4.78, 5) is 73.7. The van der Waals surface area contributed by atoms with E-state index in [9.17, 15) is 32.8 Å². The van der Waals surface area contributed by atoms with E-state index < -0.39 is 35.7 Å². The number of oxazole rings is 1. The van der Waals surface area contributed by atoms with E-state index in [1.54, 1.807) is 45.9 Å². The zero-order valence-corrected chi connectivity index (χ0v) is 49.8. The van der Waals surface area contributed by atoms with Crippen LogP contribution in [0.25, 0.3) is 22.8 Å². The van der Waals surface area contributed by atoms with Crippen molar-refractivity contribution < 1.29 is 47.7 Å². The van der Waals surface area contributed by atoms with Crippen molar-refractivity contribution in [2.75, 3.05) is 36.6 Å². The second-order valence-corrected chi connectivity index (χ2v) is 21.3. The smallest absolute Gasteiger partial charge is 0.443 e. The van der Waals surface area contributed by atoms with Crippen molar-refractivity contribution in [1.82, 2.24) is 33.6 Å². The van der Waals surface area contributed by atoms with Gasteiger partial charge in [-0.3, -0.25) is 24.0 Å². The van der Waals surface area contributed by atoms with E-state index in [-0.39, 0.29) is 95.8 Å². The molecule has 0 bridgehead atoms. The highest BCUT2D eigenvalue weighted by molar-refractivity contribution is 14.1. The Morgan fingerprint density at radius 1 is 0.713 bits per heavy atom. The van der Waals surface area contributed by atoms with Gasteiger partial charge in [0.2, 0.25) is 17.0 Å². The summed E-state index contributed by atoms with van der Waals surface area (Å²) in [5, 5.41) is 34.6. The van der Waals surface area contributed by atoms with Gasteiger partial charge < -0.3 is 58.6 Å². The van der Waals surface area contributed by atoms with Crippen LogP contribution in [-0.4, -0.2) is 109 Å². The number of H-pyrrole nitrogens is 1. The molecule has 1 aliphatic heterocycles. The van der Waals surface area contributed by atoms with E-state index in [1.165, 1.54) is 59.6 Å². The van der Waals surface area contributed by atoms with E-state index in [0.29, 0.717) is 44.5 Å². The van der Waals surface area contributed by atoms with Crippen LogP contribution >= 0.6 is 54.5 Å². The summed E-state index contributed by atoms with van der Waals surface area (Å²) >= 11 is 8.67. The molecule has 1 aromatic carbocycles. The molecule has 0 amide bonds. The van der Waals surface area contributed by atoms with Crippen LogP contribution in [0.4, 0.5) is 14.6 Å². The van der Waals surface area contributed by atoms with Crippen LogP contribution in [0.2, 0.25) is 0 Å². The standard InChI is InChI=1S/C24H21F2N5O4.C14H22BNO4.C8H10BrNO2.C5H4BrNO.C3H7IO/c25-16-3-1-4-17(26)15(16)6-7-18(33)21-23(27)30-22(24-28-9-12-35-24)20(29-21)14-5-8-19(34)31(13-14)10-2-11-32;1-13(2)14(3,4)20-15(19-13)11-6-7-12(18)16(10-11)8-5-9-17;9-7-2-3-8(12)10(6-7)4-1-5-11;6-4-1-2-5(8)7-3-4;4-2-1-3-5/h1,3-5,8-9,12-13,32H,2,6-7,10-11H2,(H2,27,30);6-7,10,17H,5,8-9H2,1-4H3;2-3,6,11H,1,4-5H2;1-3H,(H,7,8);5H,1-3H2. The first-order valence-corrected chi connectivity index (χ1v) is 28.2. The lowest BCUT2D eigenvalue weighted by atomic mass is 9.80. The number of halogens is 5. The van der Waals surface area contributed by atoms with Gasteiger partial charge in [-0.1, -0.05) is 34.7 Å². The maximum absolute atomic E-state index is 14.0. The Labute approximate surface area is 490 Å². The van der Waals surface area contributed by atoms with E-state index in [4.69, 9.17) is 39.9 Å². The SMILES string of the molecule is CC1(C)OB(c2ccc(=O)n(CCCO)c2)OC1(C)C.Nc1nc(-c2ncco2)c(-c2ccc(=O)n(CCCO)c2)nc1C(=O)CCc1c(F)cccc1F.O=c1ccc(Br)c[nH]1.O=c1ccc(Br)cn1CCCO.OCCCI. The predicted molar refractivity (Wildman–Crippen MR) is 316 cm³/mol. The number of aliphatic hydroxyl groups is 4. The lowest BCUT2D eigenvalue weighted by molar-refractivity contribution is 0.00578. The summed E-state index contributed by atoms with van der Waals surface area (Å²) in [6.07, 6.45) is 11.3. The Bertz CT molecular complexity index is 3270. The molecule has 80 heavy (non-hydrogen) atoms. The lowest BCUT2D eigenvalue weighted by Gasteiger charge is -2.32. The zero-order valence-electron chi connectivity index (χ0n) is 44.5. The molecule has 0 saturated carbocycles. The highest BCUT2D eigenvalue weighted by Crippen LogP contribution is 2.36. The molecular formula is C54H64BBr2F2IN8O12. The molecule has 430 valence electrons. The highest BCUT2D eigenvalue weighted by Gasteiger charge is 2.51. The number of nitrogens with two attached hydrogens (primary N) is 1. The van der Waals surface area contributed by atoms with Crippen LogP contribution in [0.3, 0.4) is 0 Å². The van der Waals surface area contributed by atoms with Crippen LogP contribution in [0, 0.1) is 11.6 Å². The first-order chi connectivity index (χ1) is 38.1. The summed E-state index contributed by atoms with van der Waals surface area (Å²) in [5.41, 5.74) is 5.94. The Morgan fingerprint density at radius 3 is 1.75 bits per heavy atom. The number of aliphatic hydroxyl groups excluding tert-OH is 4. The van der Waals surface area contributed by atoms with E-state index in [2.05, 4.69) is 74.4 Å². The van der Waals surface area contributed by atoms with Crippen molar-refractivity contribution in [2.24, 2.45) is 0 Å². The molecule has 20 nitrogen and oxygen atoms in total. The second kappa shape index (κ2) is 33.2. The minimum atomic E-state index is -0.748. The number of carbonyl (C=O) groups excluding carboxylic acids is 1. The largest absolute Gasteiger partial charge is 0.496 e. The van der Waals surface area contributed by atoms with E-state index in [0.717, 1.165) is 37.4 Å². The molecule has 1 aliphatic rings. The molecule has 8 rings (SSSR count). The van der Waals surface area contributed by atoms with Gasteiger partial charge in [0.05, 0.1) is 17.4 Å². The number of alkyl halides is 1. The number of benzene rings is 1. The van der Waals surface area contributed by atoms with E-state index >= 15 is 0 Å². The van der Waals surface area contributed by atoms with Crippen molar-refractivity contribution in [3.8, 4) is 22.8 Å². The average Bonchev–Trinajstić information content (AvgIpc) is 4.07. The third-order valence-corrected chi connectivity index (χ3v) is 13.7. The quantitative estimate of drug-likeness (QED) is 0.0232. The van der Waals surface area contributed by atoms with Gasteiger partial charge in [-0.05, 0) is 127 Å². The molecule has 0 atom stereocenters. The Balaban J connectivity index is 0.000000255. The molecule has 7 aromatic rings. The normalized spacial score (nSPS) is 12.9. The number of nitrogens with one attached hydrogen (secondary N) is 1. The summed E-state index contributed by atoms with van der Waals surface area (Å²) < 4.78 is 52.6. The van der Waals surface area contributed by atoms with Crippen LogP contribution in [0.5, 0.6) is 0 Å². The molecule has 0 aliphatic carbocycles. The number of aromatic amines is 1. The summed E-state index contributed by atoms with van der Waals surface area (Å²) in [6.45, 7) is 9.71. The van der Waals surface area contributed by atoms with Gasteiger partial charge in [0.25, 0.3) is 11.1 Å². The van der Waals surface area contributed by atoms with Crippen molar-refractivity contribution in [1.29, 1.82) is 0 Å². The minimum Gasteiger partial charge on any atom is -0.443 e. The number of nitrogens with zero attached hydrogens (tertiary/aromatic N) is 6. The monoisotopic (exact) mass is 1350 g/mol. The first-order valence-electron chi connectivity index (χ1n) is 25.1. The number of hydrogen-bond donors (Lipinski definition) is 6. The predicted octanol–water partition coefficient (Wildman–Crippen LogP) is 6.48. The second-order valence-electron chi connectivity index (χ2n) is 18.4. The molecule has 26 heteroatoms. The van der Waals surface area contributed by atoms with Gasteiger partial charge in [-0.25, -0.2) is 23.7 Å². The number of rotatable bonds is 18. The lowest BCUT2D eigenvalue weighted by Crippen LogP contribution is -2.41. The van der Waals surface area contributed by atoms with Gasteiger partial charge in [-0.2, -0.15) is 0 Å². The number of aryl methyl sites for hydroxylation is 3. The number of ketones is 1. The fraction of sp³-hybridized carbons (Fsp3) is 0.370. The van der Waals surface area contributed by atoms with Crippen molar-refractivity contribution in [3.05, 3.63) is 177 Å². The molecule has 1 fully saturated rings. The third-order valence-electron chi connectivity index (χ3n) is 11.9. The minimum absolute atomic E-state index is 0.0355. The number of hydrogen-bond acceptors (Lipinski definition) is 16. The Kier molecular flexibility index (Phi) is 27.6. The van der Waals surface area contributed by atoms with Crippen LogP contribution in [0.15, 0.2) is 137 Å². The van der Waals surface area contributed by atoms with Gasteiger partial charge >= 0.3 is 7.12 Å². The van der Waals surface area contributed by atoms with Crippen LogP contribution in [-0.2, 0) is 35.4 Å². The van der Waals surface area contributed by atoms with E-state index in [1.807, 2.05) is 27.7 Å². The van der Waals surface area contributed by atoms with Gasteiger partial charge in [0.1, 0.15) is 29.3 Å². The highest BCUT2D eigenvalue weighted by atomic mass is 127. The Morgan fingerprint density at radius 2 is 1.25 bits per heavy atom. The molecular weight excluding hydrogens is 1290 g/mol. The molecule has 7 heterocycles. The Hall–Kier alpha value is -5.85. The number of pyridine rings is 4. The average molecular weight is 1350 g/mol. The fourth-order valence-electron chi connectivity index (χ4n) is 7.01. The van der Waals surface area contributed by atoms with Crippen molar-refractivity contribution in [3.63, 3.8) is 0 Å². The summed E-state index contributed by atoms with van der Waals surface area (Å²) in [7, 11) is -0.471. The maximum atomic E-state index is 14.0. The number of carbonyl (C=O) groups is 1. The number of Topliss-reactive ketones (excluding diaryl/α,β-unsaturated/α-hetero) is 1. The molecule has 7 N–H and O–H groups in total. The van der Waals surface area contributed by atoms with Crippen LogP contribution < -0.4 is 33.4 Å². The number of anilines is 1. The van der Waals surface area contributed by atoms with Crippen molar-refractivity contribution >= 4 is 78.6 Å². The van der Waals surface area contributed by atoms with Gasteiger partial charge in [0, 0.05) is 126 Å². The summed E-state index contributed by atoms with van der Waals surface area (Å²) in [5.74, 6) is -2.16. The molecule has 1 saturated heterocycles. The number of nitrogen functional groups attached to an aromatic ring is 1. The third kappa shape index (κ3) is 20.3. The van der Waals surface area contributed by atoms with Gasteiger partial charge in [0.15, 0.2) is 17.3 Å². The molecule has 6 aromatic heterocycles. The topological polar surface area (TPSA) is 293 Å². The van der Waals surface area contributed by atoms with Crippen molar-refractivity contribution in [2.45, 2.75) is 97.1 Å².